The highest BCUT2D eigenvalue weighted by molar-refractivity contribution is 6.31. The van der Waals surface area contributed by atoms with Gasteiger partial charge in [-0.15, -0.1) is 0 Å². The van der Waals surface area contributed by atoms with Gasteiger partial charge in [-0.2, -0.15) is 0 Å². The normalized spacial score (nSPS) is 10.5. The number of anilines is 1. The number of halogens is 1. The van der Waals surface area contributed by atoms with Gasteiger partial charge in [-0.1, -0.05) is 68.1 Å². The lowest BCUT2D eigenvalue weighted by Gasteiger charge is -2.12. The average molecular weight is 436 g/mol. The number of nitrogens with one attached hydrogen (secondary N) is 1. The van der Waals surface area contributed by atoms with Gasteiger partial charge < -0.3 is 10.1 Å². The van der Waals surface area contributed by atoms with Gasteiger partial charge >= 0.3 is 0 Å². The van der Waals surface area contributed by atoms with Crippen LogP contribution in [-0.4, -0.2) is 18.3 Å². The van der Waals surface area contributed by atoms with Crippen LogP contribution in [0.1, 0.15) is 58.9 Å². The van der Waals surface area contributed by atoms with Gasteiger partial charge in [0.25, 0.3) is 5.91 Å². The van der Waals surface area contributed by atoms with Gasteiger partial charge in [0.05, 0.1) is 12.3 Å². The predicted octanol–water partition coefficient (Wildman–Crippen LogP) is 6.78. The van der Waals surface area contributed by atoms with E-state index in [1.807, 2.05) is 6.07 Å². The molecule has 0 atom stereocenters. The second kappa shape index (κ2) is 11.3. The fraction of sp³-hybridized carbons (Fsp3) is 0.231. The molecule has 0 heterocycles. The molecule has 31 heavy (non-hydrogen) atoms. The molecule has 3 rings (SSSR count). The first kappa shape index (κ1) is 22.6. The number of carbonyl (C=O) groups excluding carboxylic acids is 2. The Morgan fingerprint density at radius 1 is 0.871 bits per heavy atom. The molecule has 5 heteroatoms. The summed E-state index contributed by atoms with van der Waals surface area (Å²) in [4.78, 5) is 25.7. The van der Waals surface area contributed by atoms with Crippen LogP contribution in [0, 0.1) is 0 Å². The van der Waals surface area contributed by atoms with Crippen LogP contribution in [0.25, 0.3) is 0 Å². The maximum atomic E-state index is 12.9. The van der Waals surface area contributed by atoms with Crippen LogP contribution in [0.3, 0.4) is 0 Å². The van der Waals surface area contributed by atoms with Crippen molar-refractivity contribution in [2.45, 2.75) is 32.6 Å². The molecular formula is C26H26ClNO3. The lowest BCUT2D eigenvalue weighted by molar-refractivity contribution is 0.102. The van der Waals surface area contributed by atoms with Gasteiger partial charge in [0, 0.05) is 21.7 Å². The van der Waals surface area contributed by atoms with E-state index in [-0.39, 0.29) is 11.7 Å². The van der Waals surface area contributed by atoms with Gasteiger partial charge in [0.2, 0.25) is 0 Å². The summed E-state index contributed by atoms with van der Waals surface area (Å²) in [7, 11) is 0. The Bertz CT molecular complexity index is 1020. The Labute approximate surface area is 188 Å². The van der Waals surface area contributed by atoms with E-state index in [9.17, 15) is 9.59 Å². The number of hydrogen-bond donors (Lipinski definition) is 1. The molecular weight excluding hydrogens is 410 g/mol. The van der Waals surface area contributed by atoms with E-state index in [0.717, 1.165) is 18.6 Å². The molecule has 0 spiro atoms. The van der Waals surface area contributed by atoms with Crippen molar-refractivity contribution in [1.82, 2.24) is 0 Å². The highest BCUT2D eigenvalue weighted by Gasteiger charge is 2.16. The first-order chi connectivity index (χ1) is 15.1. The molecule has 0 aliphatic rings. The van der Waals surface area contributed by atoms with Crippen molar-refractivity contribution in [3.8, 4) is 5.75 Å². The minimum absolute atomic E-state index is 0.203. The van der Waals surface area contributed by atoms with E-state index in [2.05, 4.69) is 12.2 Å². The zero-order chi connectivity index (χ0) is 22.1. The van der Waals surface area contributed by atoms with Gasteiger partial charge in [-0.3, -0.25) is 9.59 Å². The Balaban J connectivity index is 1.68. The highest BCUT2D eigenvalue weighted by atomic mass is 35.5. The third-order valence-corrected chi connectivity index (χ3v) is 5.13. The lowest BCUT2D eigenvalue weighted by atomic mass is 10.0. The van der Waals surface area contributed by atoms with Crippen LogP contribution < -0.4 is 10.1 Å². The molecule has 0 unspecified atom stereocenters. The molecule has 3 aromatic carbocycles. The number of benzene rings is 3. The molecule has 1 amide bonds. The molecule has 0 aromatic heterocycles. The van der Waals surface area contributed by atoms with Crippen molar-refractivity contribution in [3.63, 3.8) is 0 Å². The third-order valence-electron chi connectivity index (χ3n) is 4.89. The number of carbonyl (C=O) groups is 2. The molecule has 0 saturated carbocycles. The number of hydrogen-bond acceptors (Lipinski definition) is 3. The summed E-state index contributed by atoms with van der Waals surface area (Å²) < 4.78 is 5.73. The molecule has 0 bridgehead atoms. The molecule has 3 aromatic rings. The summed E-state index contributed by atoms with van der Waals surface area (Å²) in [6.45, 7) is 2.84. The number of ketones is 1. The summed E-state index contributed by atoms with van der Waals surface area (Å²) in [6, 6.07) is 20.8. The van der Waals surface area contributed by atoms with Crippen LogP contribution in [-0.2, 0) is 0 Å². The average Bonchev–Trinajstić information content (AvgIpc) is 2.80. The van der Waals surface area contributed by atoms with Crippen LogP contribution in [0.4, 0.5) is 5.69 Å². The molecule has 0 saturated heterocycles. The summed E-state index contributed by atoms with van der Waals surface area (Å²) in [5.41, 5.74) is 1.77. The van der Waals surface area contributed by atoms with E-state index in [4.69, 9.17) is 16.3 Å². The van der Waals surface area contributed by atoms with E-state index in [1.54, 1.807) is 66.7 Å². The minimum atomic E-state index is -0.307. The second-order valence-corrected chi connectivity index (χ2v) is 7.71. The zero-order valence-electron chi connectivity index (χ0n) is 17.6. The van der Waals surface area contributed by atoms with Crippen molar-refractivity contribution in [3.05, 3.63) is 94.5 Å². The van der Waals surface area contributed by atoms with Gasteiger partial charge in [0.1, 0.15) is 5.75 Å². The van der Waals surface area contributed by atoms with Crippen molar-refractivity contribution < 1.29 is 14.3 Å². The highest BCUT2D eigenvalue weighted by Crippen LogP contribution is 2.24. The molecule has 0 radical (unpaired) electrons. The van der Waals surface area contributed by atoms with Crippen LogP contribution in [0.2, 0.25) is 5.02 Å². The molecule has 0 fully saturated rings. The molecule has 160 valence electrons. The molecule has 4 nitrogen and oxygen atoms in total. The second-order valence-electron chi connectivity index (χ2n) is 7.27. The smallest absolute Gasteiger partial charge is 0.255 e. The number of rotatable bonds is 10. The summed E-state index contributed by atoms with van der Waals surface area (Å²) >= 11 is 6.11. The SMILES string of the molecule is CCCCCCOc1ccc(C(=O)Nc2ccc(Cl)cc2C(=O)c2ccccc2)cc1. The van der Waals surface area contributed by atoms with Gasteiger partial charge in [-0.05, 0) is 48.9 Å². The third kappa shape index (κ3) is 6.43. The van der Waals surface area contributed by atoms with Gasteiger partial charge in [-0.25, -0.2) is 0 Å². The fourth-order valence-electron chi connectivity index (χ4n) is 3.17. The fourth-order valence-corrected chi connectivity index (χ4v) is 3.35. The number of unbranched alkanes of at least 4 members (excludes halogenated alkanes) is 3. The molecule has 1 N–H and O–H groups in total. The van der Waals surface area contributed by atoms with E-state index in [0.29, 0.717) is 34.0 Å². The molecule has 0 aliphatic carbocycles. The van der Waals surface area contributed by atoms with Gasteiger partial charge in [0.15, 0.2) is 5.78 Å². The maximum Gasteiger partial charge on any atom is 0.255 e. The standard InChI is InChI=1S/C26H26ClNO3/c1-2-3-4-8-17-31-22-14-11-20(12-15-22)26(30)28-24-16-13-21(27)18-23(24)25(29)19-9-6-5-7-10-19/h5-7,9-16,18H,2-4,8,17H2,1H3,(H,28,30). The first-order valence-electron chi connectivity index (χ1n) is 10.5. The Morgan fingerprint density at radius 2 is 1.61 bits per heavy atom. The Morgan fingerprint density at radius 3 is 2.32 bits per heavy atom. The number of ether oxygens (including phenoxy) is 1. The monoisotopic (exact) mass is 435 g/mol. The van der Waals surface area contributed by atoms with E-state index >= 15 is 0 Å². The lowest BCUT2D eigenvalue weighted by Crippen LogP contribution is -2.15. The van der Waals surface area contributed by atoms with Crippen molar-refractivity contribution in [2.75, 3.05) is 11.9 Å². The zero-order valence-corrected chi connectivity index (χ0v) is 18.3. The summed E-state index contributed by atoms with van der Waals surface area (Å²) in [6.07, 6.45) is 4.57. The summed E-state index contributed by atoms with van der Waals surface area (Å²) in [5, 5.41) is 3.26. The topological polar surface area (TPSA) is 55.4 Å². The minimum Gasteiger partial charge on any atom is -0.494 e. The largest absolute Gasteiger partial charge is 0.494 e. The quantitative estimate of drug-likeness (QED) is 0.282. The predicted molar refractivity (Wildman–Crippen MR) is 125 cm³/mol. The Kier molecular flexibility index (Phi) is 8.25. The number of amides is 1. The molecule has 0 aliphatic heterocycles. The first-order valence-corrected chi connectivity index (χ1v) is 10.9. The van der Waals surface area contributed by atoms with Crippen molar-refractivity contribution >= 4 is 29.0 Å². The van der Waals surface area contributed by atoms with Crippen LogP contribution in [0.5, 0.6) is 5.75 Å². The van der Waals surface area contributed by atoms with Crippen molar-refractivity contribution in [2.24, 2.45) is 0 Å². The van der Waals surface area contributed by atoms with Crippen LogP contribution in [0.15, 0.2) is 72.8 Å². The van der Waals surface area contributed by atoms with Crippen molar-refractivity contribution in [1.29, 1.82) is 0 Å². The Hall–Kier alpha value is -3.11. The maximum absolute atomic E-state index is 12.9. The summed E-state index contributed by atoms with van der Waals surface area (Å²) in [5.74, 6) is 0.226. The van der Waals surface area contributed by atoms with Crippen LogP contribution >= 0.6 is 11.6 Å². The van der Waals surface area contributed by atoms with E-state index < -0.39 is 0 Å². The van der Waals surface area contributed by atoms with E-state index in [1.165, 1.54) is 12.8 Å².